The molecule has 0 amide bonds. The van der Waals surface area contributed by atoms with Crippen LogP contribution in [0.5, 0.6) is 0 Å². The summed E-state index contributed by atoms with van der Waals surface area (Å²) in [6, 6.07) is 4.23. The molecular weight excluding hydrogens is 500 g/mol. The zero-order valence-corrected chi connectivity index (χ0v) is 26.6. The van der Waals surface area contributed by atoms with Crippen molar-refractivity contribution in [2.45, 2.75) is 80.0 Å². The van der Waals surface area contributed by atoms with Gasteiger partial charge in [-0.05, 0) is 71.5 Å². The molecule has 0 saturated heterocycles. The van der Waals surface area contributed by atoms with Crippen molar-refractivity contribution in [2.24, 2.45) is 0 Å². The van der Waals surface area contributed by atoms with Crippen LogP contribution in [0.15, 0.2) is 12.1 Å². The van der Waals surface area contributed by atoms with E-state index >= 15 is 0 Å². The van der Waals surface area contributed by atoms with Gasteiger partial charge in [-0.1, -0.05) is 67.5 Å². The van der Waals surface area contributed by atoms with Gasteiger partial charge in [0.2, 0.25) is 0 Å². The van der Waals surface area contributed by atoms with E-state index in [0.29, 0.717) is 73.9 Å². The fourth-order valence-corrected chi connectivity index (χ4v) is 11.6. The van der Waals surface area contributed by atoms with Gasteiger partial charge in [-0.2, -0.15) is 0 Å². The molecule has 0 heterocycles. The third kappa shape index (κ3) is 8.62. The van der Waals surface area contributed by atoms with E-state index in [1.54, 1.807) is 0 Å². The predicted molar refractivity (Wildman–Crippen MR) is 156 cm³/mol. The van der Waals surface area contributed by atoms with Crippen LogP contribution in [-0.2, 0) is 42.9 Å². The molecule has 1 aromatic carbocycles. The van der Waals surface area contributed by atoms with E-state index < -0.39 is 28.6 Å². The van der Waals surface area contributed by atoms with Crippen LogP contribution in [0.25, 0.3) is 0 Å². The topological polar surface area (TPSA) is 68.3 Å². The molecule has 0 unspecified atom stereocenters. The van der Waals surface area contributed by atoms with Crippen LogP contribution in [-0.4, -0.2) is 49.3 Å². The highest BCUT2D eigenvalue weighted by Crippen LogP contribution is 2.56. The first-order valence-corrected chi connectivity index (χ1v) is 22.3. The SMILES string of the molecule is CCP(=O)(CC)Cc1cc(CP(=O)(CC)CC)c(CP(=O)(CC)CC)cc1CP(=O)(CC)CC. The van der Waals surface area contributed by atoms with Crippen LogP contribution < -0.4 is 0 Å². The average molecular weight is 551 g/mol. The van der Waals surface area contributed by atoms with Gasteiger partial charge in [0.05, 0.1) is 28.6 Å². The average Bonchev–Trinajstić information content (AvgIpc) is 2.85. The van der Waals surface area contributed by atoms with Gasteiger partial charge in [-0.3, -0.25) is 0 Å². The molecule has 1 aromatic rings. The van der Waals surface area contributed by atoms with Crippen molar-refractivity contribution in [3.63, 3.8) is 0 Å². The Bertz CT molecular complexity index is 813. The first kappa shape index (κ1) is 32.2. The van der Waals surface area contributed by atoms with Gasteiger partial charge in [-0.15, -0.1) is 0 Å². The molecule has 0 saturated carbocycles. The Morgan fingerprint density at radius 2 is 0.529 bits per heavy atom. The Morgan fingerprint density at radius 3 is 0.647 bits per heavy atom. The highest BCUT2D eigenvalue weighted by atomic mass is 31.2. The van der Waals surface area contributed by atoms with E-state index in [4.69, 9.17) is 0 Å². The maximum Gasteiger partial charge on any atom is 0.0914 e. The second-order valence-electron chi connectivity index (χ2n) is 9.78. The monoisotopic (exact) mass is 550 g/mol. The summed E-state index contributed by atoms with van der Waals surface area (Å²) >= 11 is 0. The Morgan fingerprint density at radius 1 is 0.382 bits per heavy atom. The van der Waals surface area contributed by atoms with Gasteiger partial charge >= 0.3 is 0 Å². The Kier molecular flexibility index (Phi) is 12.9. The minimum Gasteiger partial charge on any atom is -0.323 e. The molecule has 0 N–H and O–H groups in total. The van der Waals surface area contributed by atoms with Crippen molar-refractivity contribution in [3.8, 4) is 0 Å². The summed E-state index contributed by atoms with van der Waals surface area (Å²) in [7, 11) is -9.51. The number of benzene rings is 1. The largest absolute Gasteiger partial charge is 0.323 e. The second-order valence-corrected chi connectivity index (χ2v) is 24.6. The van der Waals surface area contributed by atoms with Crippen molar-refractivity contribution < 1.29 is 18.3 Å². The molecular formula is C26H50O4P4. The van der Waals surface area contributed by atoms with Crippen molar-refractivity contribution >= 4 is 28.6 Å². The summed E-state index contributed by atoms with van der Waals surface area (Å²) in [4.78, 5) is 0. The summed E-state index contributed by atoms with van der Waals surface area (Å²) < 4.78 is 54.1. The molecule has 0 atom stereocenters. The van der Waals surface area contributed by atoms with Crippen molar-refractivity contribution in [3.05, 3.63) is 34.4 Å². The van der Waals surface area contributed by atoms with Gasteiger partial charge in [0.15, 0.2) is 0 Å². The lowest BCUT2D eigenvalue weighted by molar-refractivity contribution is 0.572. The minimum atomic E-state index is -2.38. The van der Waals surface area contributed by atoms with Gasteiger partial charge < -0.3 is 18.3 Å². The predicted octanol–water partition coefficient (Wildman–Crippen LogP) is 9.30. The summed E-state index contributed by atoms with van der Waals surface area (Å²) in [6.07, 6.45) is 7.12. The lowest BCUT2D eigenvalue weighted by Gasteiger charge is -2.25. The van der Waals surface area contributed by atoms with Crippen LogP contribution >= 0.6 is 28.6 Å². The molecule has 4 nitrogen and oxygen atoms in total. The quantitative estimate of drug-likeness (QED) is 0.192. The normalized spacial score (nSPS) is 13.4. The summed E-state index contributed by atoms with van der Waals surface area (Å²) in [5.74, 6) is 0. The minimum absolute atomic E-state index is 0.498. The summed E-state index contributed by atoms with van der Waals surface area (Å²) in [5.41, 5.74) is 4.04. The zero-order chi connectivity index (χ0) is 26.2. The highest BCUT2D eigenvalue weighted by Gasteiger charge is 2.29. The number of hydrogen-bond acceptors (Lipinski definition) is 4. The van der Waals surface area contributed by atoms with Crippen LogP contribution in [0.4, 0.5) is 0 Å². The third-order valence-corrected chi connectivity index (χ3v) is 20.9. The van der Waals surface area contributed by atoms with Gasteiger partial charge in [0.25, 0.3) is 0 Å². The summed E-state index contributed by atoms with van der Waals surface area (Å²) in [6.45, 7) is 15.9. The highest BCUT2D eigenvalue weighted by molar-refractivity contribution is 7.64. The first-order valence-electron chi connectivity index (χ1n) is 13.3. The number of rotatable bonds is 16. The molecule has 34 heavy (non-hydrogen) atoms. The molecule has 0 fully saturated rings. The Labute approximate surface area is 210 Å². The molecule has 8 heteroatoms. The zero-order valence-electron chi connectivity index (χ0n) is 23.1. The van der Waals surface area contributed by atoms with E-state index in [-0.39, 0.29) is 0 Å². The fourth-order valence-electron chi connectivity index (χ4n) is 4.41. The number of hydrogen-bond donors (Lipinski definition) is 0. The lowest BCUT2D eigenvalue weighted by Crippen LogP contribution is -2.08. The van der Waals surface area contributed by atoms with Gasteiger partial charge in [0.1, 0.15) is 0 Å². The van der Waals surface area contributed by atoms with Gasteiger partial charge in [0, 0.05) is 24.6 Å². The molecule has 0 aliphatic heterocycles. The van der Waals surface area contributed by atoms with Crippen LogP contribution in [0, 0.1) is 0 Å². The third-order valence-electron chi connectivity index (χ3n) is 7.97. The van der Waals surface area contributed by atoms with Crippen LogP contribution in [0.1, 0.15) is 77.6 Å². The lowest BCUT2D eigenvalue weighted by atomic mass is 10.0. The van der Waals surface area contributed by atoms with Crippen LogP contribution in [0.2, 0.25) is 0 Å². The molecule has 1 rings (SSSR count). The van der Waals surface area contributed by atoms with E-state index in [1.165, 1.54) is 0 Å². The smallest absolute Gasteiger partial charge is 0.0914 e. The standard InChI is InChI=1S/C26H50O4P4/c1-9-31(27,10-2)19-23-17-25(21-33(29,13-5)14-6)26(22-34(30,15-7)16-8)18-24(23)20-32(28,11-3)12-4/h17-18H,9-16,19-22H2,1-8H3. The maximum absolute atomic E-state index is 13.5. The van der Waals surface area contributed by atoms with Crippen molar-refractivity contribution in [1.29, 1.82) is 0 Å². The van der Waals surface area contributed by atoms with E-state index in [9.17, 15) is 18.3 Å². The fraction of sp³-hybridized carbons (Fsp3) is 0.769. The Hall–Kier alpha value is 0.140. The molecule has 0 aliphatic rings. The van der Waals surface area contributed by atoms with E-state index in [0.717, 1.165) is 22.3 Å². The van der Waals surface area contributed by atoms with E-state index in [1.807, 2.05) is 55.4 Å². The van der Waals surface area contributed by atoms with Gasteiger partial charge in [-0.25, -0.2) is 0 Å². The van der Waals surface area contributed by atoms with Crippen LogP contribution in [0.3, 0.4) is 0 Å². The van der Waals surface area contributed by atoms with Crippen molar-refractivity contribution in [2.75, 3.05) is 49.3 Å². The molecule has 0 spiro atoms. The molecule has 0 bridgehead atoms. The van der Waals surface area contributed by atoms with Crippen molar-refractivity contribution in [1.82, 2.24) is 0 Å². The Balaban J connectivity index is 3.86. The molecule has 198 valence electrons. The van der Waals surface area contributed by atoms with E-state index in [2.05, 4.69) is 12.1 Å². The second kappa shape index (κ2) is 13.6. The summed E-state index contributed by atoms with van der Waals surface area (Å²) in [5, 5.41) is 0. The molecule has 0 aliphatic carbocycles. The first-order chi connectivity index (χ1) is 15.8. The molecule has 0 radical (unpaired) electrons. The maximum atomic E-state index is 13.5. The molecule has 0 aromatic heterocycles.